The summed E-state index contributed by atoms with van der Waals surface area (Å²) in [6.45, 7) is 2.13. The quantitative estimate of drug-likeness (QED) is 0.0737. The van der Waals surface area contributed by atoms with Crippen LogP contribution in [0.15, 0.2) is 66.8 Å². The van der Waals surface area contributed by atoms with Crippen molar-refractivity contribution in [3.63, 3.8) is 0 Å². The fourth-order valence-corrected chi connectivity index (χ4v) is 17.7. The Morgan fingerprint density at radius 2 is 1.53 bits per heavy atom. The van der Waals surface area contributed by atoms with E-state index in [0.29, 0.717) is 64.4 Å². The highest BCUT2D eigenvalue weighted by Crippen LogP contribution is 2.65. The maximum Gasteiger partial charge on any atom is 0.254 e. The number of aliphatic hydroxyl groups excluding tert-OH is 3. The average molecular weight is 1070 g/mol. The van der Waals surface area contributed by atoms with Gasteiger partial charge < -0.3 is 49.4 Å². The lowest BCUT2D eigenvalue weighted by atomic mass is 9.43. The molecule has 10 aliphatic rings. The second kappa shape index (κ2) is 19.2. The van der Waals surface area contributed by atoms with Gasteiger partial charge in [0, 0.05) is 87.9 Å². The number of benzene rings is 4. The molecule has 4 aromatic rings. The number of amides is 2. The van der Waals surface area contributed by atoms with Gasteiger partial charge in [-0.1, -0.05) is 68.2 Å². The molecule has 4 aliphatic heterocycles. The van der Waals surface area contributed by atoms with Crippen LogP contribution in [-0.4, -0.2) is 88.5 Å². The van der Waals surface area contributed by atoms with Crippen LogP contribution in [0.2, 0.25) is 0 Å². The van der Waals surface area contributed by atoms with Gasteiger partial charge in [0.2, 0.25) is 5.75 Å². The predicted octanol–water partition coefficient (Wildman–Crippen LogP) is 10.1. The first-order valence-electron chi connectivity index (χ1n) is 29.3. The van der Waals surface area contributed by atoms with E-state index in [9.17, 15) is 30.0 Å². The van der Waals surface area contributed by atoms with Crippen molar-refractivity contribution < 1.29 is 53.7 Å². The summed E-state index contributed by atoms with van der Waals surface area (Å²) >= 11 is 0. The summed E-state index contributed by atoms with van der Waals surface area (Å²) in [5, 5.41) is 56.2. The van der Waals surface area contributed by atoms with Gasteiger partial charge in [-0.05, 0) is 129 Å². The van der Waals surface area contributed by atoms with Crippen LogP contribution in [0.5, 0.6) is 34.5 Å². The van der Waals surface area contributed by atoms with Crippen LogP contribution in [0.3, 0.4) is 0 Å². The Hall–Kier alpha value is -6.32. The van der Waals surface area contributed by atoms with Crippen LogP contribution in [0.25, 0.3) is 23.3 Å². The Labute approximate surface area is 461 Å². The van der Waals surface area contributed by atoms with E-state index < -0.39 is 40.8 Å². The third-order valence-electron chi connectivity index (χ3n) is 21.0. The summed E-state index contributed by atoms with van der Waals surface area (Å²) in [5.74, 6) is 0.484. The summed E-state index contributed by atoms with van der Waals surface area (Å²) in [7, 11) is 3.18. The van der Waals surface area contributed by atoms with E-state index in [0.717, 1.165) is 116 Å². The van der Waals surface area contributed by atoms with Crippen molar-refractivity contribution in [2.75, 3.05) is 39.4 Å². The number of piperidine rings is 1. The number of carbonyl (C=O) groups excluding carboxylic acids is 2. The number of nitrogens with zero attached hydrogens (tertiary/aromatic N) is 1. The lowest BCUT2D eigenvalue weighted by Crippen LogP contribution is -2.66. The molecule has 4 aromatic carbocycles. The molecule has 14 rings (SSSR count). The number of aromatic hydroxyl groups is 1. The van der Waals surface area contributed by atoms with Crippen molar-refractivity contribution in [1.29, 1.82) is 0 Å². The standard InChI is InChI=1S/C65H73N3O11/c1-35-13-16-39-12-5-8-27-64(39,67-35)79-50-31-48(75-2)42-19-20-43-55-47(66-62(74)58(50)57(42)55)30-49-56(43)60(72)44(34-78-49)38-28-51(76-3)61(73)52(29-38)77-33-41(32-69)65-40-17-14-36-10-9-11-37(59(36)65)15-21-46(65)45(22-18-40)63(25-6-4-7-26-63)68-53(70)23-24-54(68)71/h9-11,14-15,17,21,23-24,28-31,35,39-41,44-46,60,62,66-67,69,72-74H,4-8,12-13,16,18-20,22,25-27,32-34H2,1-3H3. The van der Waals surface area contributed by atoms with Crippen molar-refractivity contribution in [3.8, 4) is 45.6 Å². The summed E-state index contributed by atoms with van der Waals surface area (Å²) < 4.78 is 32.8. The zero-order chi connectivity index (χ0) is 54.1. The number of hydrogen-bond donors (Lipinski definition) is 6. The Balaban J connectivity index is 0.814. The lowest BCUT2D eigenvalue weighted by molar-refractivity contribution is -0.154. The maximum absolute atomic E-state index is 13.8. The molecule has 0 radical (unpaired) electrons. The summed E-state index contributed by atoms with van der Waals surface area (Å²) in [6.07, 6.45) is 23.2. The Bertz CT molecular complexity index is 3250. The van der Waals surface area contributed by atoms with Gasteiger partial charge in [-0.3, -0.25) is 19.8 Å². The third-order valence-corrected chi connectivity index (χ3v) is 21.0. The number of hydrogen-bond acceptors (Lipinski definition) is 13. The number of methoxy groups -OCH3 is 2. The number of carbonyl (C=O) groups is 2. The van der Waals surface area contributed by atoms with Gasteiger partial charge >= 0.3 is 0 Å². The van der Waals surface area contributed by atoms with Gasteiger partial charge in [0.25, 0.3) is 11.8 Å². The molecule has 11 atom stereocenters. The largest absolute Gasteiger partial charge is 0.502 e. The molecule has 0 bridgehead atoms. The molecule has 414 valence electrons. The van der Waals surface area contributed by atoms with Crippen LogP contribution in [-0.2, 0) is 27.8 Å². The molecule has 14 nitrogen and oxygen atoms in total. The smallest absolute Gasteiger partial charge is 0.254 e. The number of allylic oxidation sites excluding steroid dienone is 2. The number of phenols is 1. The Morgan fingerprint density at radius 3 is 2.30 bits per heavy atom. The molecule has 6 N–H and O–H groups in total. The highest BCUT2D eigenvalue weighted by Gasteiger charge is 2.64. The van der Waals surface area contributed by atoms with Crippen LogP contribution in [0.4, 0.5) is 5.69 Å². The number of phenolic OH excluding ortho intramolecular Hbond substituents is 1. The zero-order valence-corrected chi connectivity index (χ0v) is 45.5. The second-order valence-corrected chi connectivity index (χ2v) is 24.5. The average Bonchev–Trinajstić information content (AvgIpc) is 3.99. The zero-order valence-electron chi connectivity index (χ0n) is 45.5. The van der Waals surface area contributed by atoms with Crippen LogP contribution in [0, 0.1) is 29.6 Å². The highest BCUT2D eigenvalue weighted by molar-refractivity contribution is 6.13. The van der Waals surface area contributed by atoms with Crippen LogP contribution in [0.1, 0.15) is 153 Å². The van der Waals surface area contributed by atoms with E-state index in [1.54, 1.807) is 24.1 Å². The summed E-state index contributed by atoms with van der Waals surface area (Å²) in [4.78, 5) is 29.2. The highest BCUT2D eigenvalue weighted by atomic mass is 16.5. The fraction of sp³-hybridized carbons (Fsp3) is 0.508. The molecule has 0 spiro atoms. The predicted molar refractivity (Wildman–Crippen MR) is 298 cm³/mol. The minimum atomic E-state index is -1.07. The third kappa shape index (κ3) is 7.48. The van der Waals surface area contributed by atoms with Crippen LogP contribution >= 0.6 is 0 Å². The molecular formula is C65H73N3O11. The maximum atomic E-state index is 13.8. The molecule has 79 heavy (non-hydrogen) atoms. The van der Waals surface area contributed by atoms with Crippen LogP contribution < -0.4 is 34.3 Å². The van der Waals surface area contributed by atoms with Gasteiger partial charge in [-0.25, -0.2) is 0 Å². The Morgan fingerprint density at radius 1 is 0.785 bits per heavy atom. The fourth-order valence-electron chi connectivity index (χ4n) is 17.7. The molecule has 2 amide bonds. The molecular weight excluding hydrogens is 999 g/mol. The topological polar surface area (TPSA) is 189 Å². The number of ether oxygens (including phenoxy) is 5. The van der Waals surface area contributed by atoms with Crippen molar-refractivity contribution in [3.05, 3.63) is 111 Å². The SMILES string of the molecule is COc1cc(C2COc3cc4c5c(c3C2O)CCc2c(OC)cc(OC36CCCCC3CCC(C)N6)c(c2-5)C(O)N4)cc(OCC(CO)C23c4c5cccc4C=CC2C(C2(N4C(=O)C=CC4=O)CCCCC2)CCC3C=C5)c1O. The summed E-state index contributed by atoms with van der Waals surface area (Å²) in [6, 6.07) is 14.0. The number of imide groups is 1. The van der Waals surface area contributed by atoms with E-state index in [-0.39, 0.29) is 66.6 Å². The van der Waals surface area contributed by atoms with Crippen molar-refractivity contribution in [2.24, 2.45) is 29.6 Å². The molecule has 11 unspecified atom stereocenters. The van der Waals surface area contributed by atoms with Crippen molar-refractivity contribution >= 4 is 29.7 Å². The number of nitrogens with one attached hydrogen (secondary N) is 2. The Kier molecular flexibility index (Phi) is 12.3. The van der Waals surface area contributed by atoms with E-state index in [1.807, 2.05) is 12.1 Å². The van der Waals surface area contributed by atoms with Gasteiger partial charge in [0.1, 0.15) is 17.2 Å². The van der Waals surface area contributed by atoms with E-state index in [2.05, 4.69) is 60.1 Å². The van der Waals surface area contributed by atoms with Crippen molar-refractivity contribution in [2.45, 2.75) is 144 Å². The van der Waals surface area contributed by atoms with Crippen molar-refractivity contribution in [1.82, 2.24) is 10.2 Å². The summed E-state index contributed by atoms with van der Waals surface area (Å²) in [5.41, 5.74) is 7.78. The van der Waals surface area contributed by atoms with E-state index in [1.165, 1.54) is 25.7 Å². The molecule has 0 aromatic heterocycles. The molecule has 14 heteroatoms. The lowest BCUT2D eigenvalue weighted by Gasteiger charge is -2.63. The number of aliphatic hydroxyl groups is 3. The number of anilines is 1. The van der Waals surface area contributed by atoms with E-state index in [4.69, 9.17) is 23.7 Å². The van der Waals surface area contributed by atoms with Gasteiger partial charge in [-0.2, -0.15) is 0 Å². The first-order valence-corrected chi connectivity index (χ1v) is 29.3. The monoisotopic (exact) mass is 1070 g/mol. The molecule has 3 saturated carbocycles. The molecule has 4 heterocycles. The molecule has 4 fully saturated rings. The minimum absolute atomic E-state index is 0.0103. The molecule has 6 aliphatic carbocycles. The number of rotatable bonds is 12. The normalized spacial score (nSPS) is 31.4. The molecule has 1 saturated heterocycles. The van der Waals surface area contributed by atoms with Gasteiger partial charge in [-0.15, -0.1) is 0 Å². The number of fused-ring (bicyclic) bond motifs is 3. The first kappa shape index (κ1) is 50.9. The van der Waals surface area contributed by atoms with Gasteiger partial charge in [0.15, 0.2) is 23.5 Å². The second-order valence-electron chi connectivity index (χ2n) is 24.5. The van der Waals surface area contributed by atoms with E-state index >= 15 is 0 Å². The van der Waals surface area contributed by atoms with Gasteiger partial charge in [0.05, 0.1) is 51.2 Å². The first-order chi connectivity index (χ1) is 38.4. The minimum Gasteiger partial charge on any atom is -0.502 e.